The van der Waals surface area contributed by atoms with Gasteiger partial charge < -0.3 is 24.6 Å². The number of fused-ring (bicyclic) bond motifs is 3. The number of hydrogen-bond acceptors (Lipinski definition) is 9. The van der Waals surface area contributed by atoms with Crippen molar-refractivity contribution < 1.29 is 32.3 Å². The Morgan fingerprint density at radius 2 is 1.88 bits per heavy atom. The van der Waals surface area contributed by atoms with Crippen molar-refractivity contribution >= 4 is 44.3 Å². The number of nitrogens with one attached hydrogen (secondary N) is 2. The molecule has 0 radical (unpaired) electrons. The van der Waals surface area contributed by atoms with Crippen LogP contribution in [0.3, 0.4) is 0 Å². The molecule has 49 heavy (non-hydrogen) atoms. The topological polar surface area (TPSA) is 147 Å². The van der Waals surface area contributed by atoms with Gasteiger partial charge in [-0.1, -0.05) is 26.0 Å². The van der Waals surface area contributed by atoms with Crippen LogP contribution in [-0.2, 0) is 24.4 Å². The van der Waals surface area contributed by atoms with E-state index in [-0.39, 0.29) is 43.6 Å². The molecular formula is C36H49N5O7S. The summed E-state index contributed by atoms with van der Waals surface area (Å²) in [5.41, 5.74) is -1.42. The van der Waals surface area contributed by atoms with Crippen LogP contribution in [0.5, 0.6) is 11.6 Å². The Labute approximate surface area is 289 Å². The number of carbonyl (C=O) groups is 3. The molecule has 2 N–H and O–H groups in total. The molecule has 6 unspecified atom stereocenters. The Kier molecular flexibility index (Phi) is 9.36. The smallest absolute Gasteiger partial charge is 0.259 e. The molecule has 1 saturated heterocycles. The third-order valence-electron chi connectivity index (χ3n) is 10.7. The van der Waals surface area contributed by atoms with E-state index in [1.807, 2.05) is 55.4 Å². The maximum absolute atomic E-state index is 14.2. The van der Waals surface area contributed by atoms with Crippen LogP contribution in [0.25, 0.3) is 10.8 Å². The van der Waals surface area contributed by atoms with Crippen LogP contribution in [-0.4, -0.2) is 86.2 Å². The number of carbonyl (C=O) groups excluding carboxylic acids is 3. The first-order valence-electron chi connectivity index (χ1n) is 17.3. The molecule has 2 aromatic rings. The van der Waals surface area contributed by atoms with E-state index in [2.05, 4.69) is 23.9 Å². The number of aromatic nitrogens is 1. The Morgan fingerprint density at radius 1 is 1.12 bits per heavy atom. The number of hydrogen-bond donors (Lipinski definition) is 2. The molecule has 0 bridgehead atoms. The first-order chi connectivity index (χ1) is 23.1. The fourth-order valence-corrected chi connectivity index (χ4v) is 8.52. The van der Waals surface area contributed by atoms with Crippen LogP contribution >= 0.6 is 0 Å². The SMILES string of the molecule is COc1ccc2c(OC3CC4C(=O)NC5(C(=O)NS(=O)(=O)C6(C)CC6)CC5C=CCCC(C)CC(C)CC(=O)N4C3)nc(N(C)C)cc2c1. The summed E-state index contributed by atoms with van der Waals surface area (Å²) >= 11 is 0. The van der Waals surface area contributed by atoms with Crippen molar-refractivity contribution in [1.29, 1.82) is 0 Å². The lowest BCUT2D eigenvalue weighted by atomic mass is 9.91. The van der Waals surface area contributed by atoms with E-state index in [0.29, 0.717) is 36.2 Å². The molecular weight excluding hydrogens is 646 g/mol. The lowest BCUT2D eigenvalue weighted by Crippen LogP contribution is -2.57. The molecule has 12 nitrogen and oxygen atoms in total. The van der Waals surface area contributed by atoms with E-state index >= 15 is 0 Å². The van der Waals surface area contributed by atoms with Gasteiger partial charge in [-0.05, 0) is 86.9 Å². The Hall–Kier alpha value is -3.87. The van der Waals surface area contributed by atoms with Gasteiger partial charge in [0.05, 0.1) is 18.4 Å². The molecule has 1 aromatic heterocycles. The summed E-state index contributed by atoms with van der Waals surface area (Å²) in [4.78, 5) is 50.1. The van der Waals surface area contributed by atoms with Crippen molar-refractivity contribution in [3.05, 3.63) is 36.4 Å². The maximum atomic E-state index is 14.2. The number of anilines is 1. The second-order valence-electron chi connectivity index (χ2n) is 15.1. The zero-order valence-corrected chi connectivity index (χ0v) is 30.1. The first kappa shape index (κ1) is 35.0. The van der Waals surface area contributed by atoms with Gasteiger partial charge in [0, 0.05) is 38.2 Å². The monoisotopic (exact) mass is 695 g/mol. The number of methoxy groups -OCH3 is 1. The number of sulfonamides is 1. The summed E-state index contributed by atoms with van der Waals surface area (Å²) in [6.45, 7) is 6.02. The van der Waals surface area contributed by atoms with Crippen LogP contribution in [0.2, 0.25) is 0 Å². The van der Waals surface area contributed by atoms with E-state index < -0.39 is 44.3 Å². The minimum atomic E-state index is -3.92. The maximum Gasteiger partial charge on any atom is 0.259 e. The molecule has 6 rings (SSSR count). The molecule has 6 atom stereocenters. The van der Waals surface area contributed by atoms with Crippen molar-refractivity contribution in [3.8, 4) is 11.6 Å². The summed E-state index contributed by atoms with van der Waals surface area (Å²) in [6.07, 6.45) is 7.65. The van der Waals surface area contributed by atoms with E-state index in [1.54, 1.807) is 18.9 Å². The minimum absolute atomic E-state index is 0.108. The first-order valence-corrected chi connectivity index (χ1v) is 18.8. The van der Waals surface area contributed by atoms with E-state index in [9.17, 15) is 22.8 Å². The lowest BCUT2D eigenvalue weighted by Gasteiger charge is -2.28. The highest BCUT2D eigenvalue weighted by Crippen LogP contribution is 2.47. The quantitative estimate of drug-likeness (QED) is 0.412. The second-order valence-corrected chi connectivity index (χ2v) is 17.3. The van der Waals surface area contributed by atoms with Gasteiger partial charge in [0.25, 0.3) is 5.91 Å². The number of allylic oxidation sites excluding steroid dienone is 1. The average molecular weight is 696 g/mol. The van der Waals surface area contributed by atoms with Crippen LogP contribution in [0.1, 0.15) is 72.1 Å². The highest BCUT2D eigenvalue weighted by molar-refractivity contribution is 7.91. The van der Waals surface area contributed by atoms with E-state index in [0.717, 1.165) is 30.0 Å². The lowest BCUT2D eigenvalue weighted by molar-refractivity contribution is -0.140. The highest BCUT2D eigenvalue weighted by atomic mass is 32.2. The van der Waals surface area contributed by atoms with Crippen LogP contribution < -0.4 is 24.4 Å². The van der Waals surface area contributed by atoms with Gasteiger partial charge in [0.15, 0.2) is 0 Å². The second kappa shape index (κ2) is 13.1. The zero-order chi connectivity index (χ0) is 35.3. The van der Waals surface area contributed by atoms with Gasteiger partial charge in [-0.3, -0.25) is 19.1 Å². The predicted molar refractivity (Wildman–Crippen MR) is 187 cm³/mol. The van der Waals surface area contributed by atoms with Crippen LogP contribution in [0.4, 0.5) is 5.82 Å². The number of benzene rings is 1. The molecule has 3 fully saturated rings. The van der Waals surface area contributed by atoms with Gasteiger partial charge >= 0.3 is 0 Å². The predicted octanol–water partition coefficient (Wildman–Crippen LogP) is 3.93. The van der Waals surface area contributed by atoms with E-state index in [1.165, 1.54) is 0 Å². The number of pyridine rings is 1. The third-order valence-corrected chi connectivity index (χ3v) is 12.9. The summed E-state index contributed by atoms with van der Waals surface area (Å²) in [5, 5.41) is 4.58. The molecule has 2 saturated carbocycles. The van der Waals surface area contributed by atoms with Crippen molar-refractivity contribution in [2.24, 2.45) is 17.8 Å². The molecule has 1 aromatic carbocycles. The minimum Gasteiger partial charge on any atom is -0.497 e. The van der Waals surface area contributed by atoms with E-state index in [4.69, 9.17) is 14.5 Å². The van der Waals surface area contributed by atoms with Crippen molar-refractivity contribution in [3.63, 3.8) is 0 Å². The Balaban J connectivity index is 1.30. The van der Waals surface area contributed by atoms with Gasteiger partial charge in [0.1, 0.15) is 29.3 Å². The van der Waals surface area contributed by atoms with Crippen molar-refractivity contribution in [2.45, 2.75) is 94.6 Å². The van der Waals surface area contributed by atoms with Gasteiger partial charge in [0.2, 0.25) is 27.7 Å². The molecule has 3 amide bonds. The largest absolute Gasteiger partial charge is 0.497 e. The van der Waals surface area contributed by atoms with Gasteiger partial charge in [-0.15, -0.1) is 0 Å². The third kappa shape index (κ3) is 7.09. The fourth-order valence-electron chi connectivity index (χ4n) is 7.21. The highest BCUT2D eigenvalue weighted by Gasteiger charge is 2.63. The summed E-state index contributed by atoms with van der Waals surface area (Å²) in [7, 11) is 1.46. The number of ether oxygens (including phenoxy) is 2. The fraction of sp³-hybridized carbons (Fsp3) is 0.611. The van der Waals surface area contributed by atoms with Crippen molar-refractivity contribution in [2.75, 3.05) is 32.6 Å². The normalized spacial score (nSPS) is 29.9. The van der Waals surface area contributed by atoms with Gasteiger partial charge in [-0.2, -0.15) is 4.98 Å². The number of nitrogens with zero attached hydrogens (tertiary/aromatic N) is 3. The molecule has 4 aliphatic rings. The Morgan fingerprint density at radius 3 is 2.57 bits per heavy atom. The molecule has 266 valence electrons. The zero-order valence-electron chi connectivity index (χ0n) is 29.3. The summed E-state index contributed by atoms with van der Waals surface area (Å²) in [5.74, 6) is 0.488. The van der Waals surface area contributed by atoms with Crippen LogP contribution in [0.15, 0.2) is 36.4 Å². The van der Waals surface area contributed by atoms with Crippen LogP contribution in [0, 0.1) is 17.8 Å². The molecule has 2 aliphatic carbocycles. The van der Waals surface area contributed by atoms with Gasteiger partial charge in [-0.25, -0.2) is 8.42 Å². The average Bonchev–Trinajstić information content (AvgIpc) is 3.92. The molecule has 3 heterocycles. The molecule has 2 aliphatic heterocycles. The number of amides is 3. The molecule has 0 spiro atoms. The summed E-state index contributed by atoms with van der Waals surface area (Å²) in [6, 6.07) is 6.65. The standard InChI is InChI=1S/C36H49N5O7S/c1-22-9-7-8-10-25-20-36(25,34(44)39-49(45,46)35(3)13-14-35)38-32(43)29-19-27(21-41(29)31(42)16-23(2)15-22)48-33-28-12-11-26(47-6)17-24(28)18-30(37-33)40(4)5/h8,10-12,17-18,22-23,25,27,29H,7,9,13-16,19-21H2,1-6H3,(H,38,43)(H,39,44). The molecule has 13 heteroatoms. The Bertz CT molecular complexity index is 1770. The summed E-state index contributed by atoms with van der Waals surface area (Å²) < 4.78 is 39.4. The number of rotatable bonds is 7. The van der Waals surface area contributed by atoms with Crippen molar-refractivity contribution in [1.82, 2.24) is 19.9 Å².